The molecule has 1 aliphatic rings. The number of carboxylic acids is 1. The minimum atomic E-state index is -1.32. The van der Waals surface area contributed by atoms with Gasteiger partial charge in [0.2, 0.25) is 5.91 Å². The molecule has 0 saturated carbocycles. The number of carbonyl (C=O) groups excluding carboxylic acids is 2. The molecular formula is C12H21N3O5. The Morgan fingerprint density at radius 3 is 2.40 bits per heavy atom. The number of aliphatic carboxylic acids is 1. The fraction of sp³-hybridized carbons (Fsp3) is 0.750. The standard InChI is InChI=1S/C12H21N3O5/c1-3-15(2)9(16)8-13-11(19)14-12(10(17)18)4-6-20-7-5-12/h3-8H2,1-2H3,(H,17,18)(H2,13,14,19). The van der Waals surface area contributed by atoms with E-state index >= 15 is 0 Å². The van der Waals surface area contributed by atoms with Crippen molar-refractivity contribution in [2.45, 2.75) is 25.3 Å². The zero-order valence-corrected chi connectivity index (χ0v) is 11.8. The first kappa shape index (κ1) is 16.2. The van der Waals surface area contributed by atoms with Gasteiger partial charge < -0.3 is 25.4 Å². The molecule has 0 unspecified atom stereocenters. The number of ether oxygens (including phenoxy) is 1. The highest BCUT2D eigenvalue weighted by Gasteiger charge is 2.41. The molecule has 0 aromatic heterocycles. The van der Waals surface area contributed by atoms with E-state index < -0.39 is 17.5 Å². The van der Waals surface area contributed by atoms with Crippen LogP contribution in [0, 0.1) is 0 Å². The van der Waals surface area contributed by atoms with Crippen LogP contribution in [0.5, 0.6) is 0 Å². The van der Waals surface area contributed by atoms with Crippen LogP contribution in [0.2, 0.25) is 0 Å². The predicted octanol–water partition coefficient (Wildman–Crippen LogP) is -0.602. The predicted molar refractivity (Wildman–Crippen MR) is 70.3 cm³/mol. The number of nitrogens with zero attached hydrogens (tertiary/aromatic N) is 1. The van der Waals surface area contributed by atoms with E-state index in [4.69, 9.17) is 4.74 Å². The second kappa shape index (κ2) is 7.09. The van der Waals surface area contributed by atoms with Crippen molar-refractivity contribution in [2.75, 3.05) is 33.4 Å². The average molecular weight is 287 g/mol. The lowest BCUT2D eigenvalue weighted by Gasteiger charge is -2.33. The number of carbonyl (C=O) groups is 3. The summed E-state index contributed by atoms with van der Waals surface area (Å²) in [7, 11) is 1.62. The Bertz CT molecular complexity index is 379. The van der Waals surface area contributed by atoms with Crippen molar-refractivity contribution in [3.8, 4) is 0 Å². The molecule has 8 heteroatoms. The smallest absolute Gasteiger partial charge is 0.329 e. The Kier molecular flexibility index (Phi) is 5.75. The number of rotatable bonds is 5. The molecule has 0 bridgehead atoms. The molecule has 1 rings (SSSR count). The summed E-state index contributed by atoms with van der Waals surface area (Å²) in [6.07, 6.45) is 0.414. The van der Waals surface area contributed by atoms with Crippen LogP contribution in [-0.4, -0.2) is 66.8 Å². The SMILES string of the molecule is CCN(C)C(=O)CNC(=O)NC1(C(=O)O)CCOCC1. The molecule has 0 radical (unpaired) electrons. The molecular weight excluding hydrogens is 266 g/mol. The van der Waals surface area contributed by atoms with Gasteiger partial charge in [0.25, 0.3) is 0 Å². The van der Waals surface area contributed by atoms with Crippen LogP contribution in [0.3, 0.4) is 0 Å². The Morgan fingerprint density at radius 1 is 1.30 bits per heavy atom. The summed E-state index contributed by atoms with van der Waals surface area (Å²) < 4.78 is 5.10. The summed E-state index contributed by atoms with van der Waals surface area (Å²) in [5.74, 6) is -1.33. The third-order valence-corrected chi connectivity index (χ3v) is 3.41. The Balaban J connectivity index is 2.51. The topological polar surface area (TPSA) is 108 Å². The number of urea groups is 1. The van der Waals surface area contributed by atoms with Gasteiger partial charge in [-0.3, -0.25) is 4.79 Å². The van der Waals surface area contributed by atoms with E-state index in [1.54, 1.807) is 7.05 Å². The Labute approximate surface area is 117 Å². The molecule has 114 valence electrons. The lowest BCUT2D eigenvalue weighted by molar-refractivity contribution is -0.148. The normalized spacial score (nSPS) is 17.1. The summed E-state index contributed by atoms with van der Waals surface area (Å²) in [5.41, 5.74) is -1.32. The third-order valence-electron chi connectivity index (χ3n) is 3.41. The van der Waals surface area contributed by atoms with E-state index in [-0.39, 0.29) is 38.5 Å². The summed E-state index contributed by atoms with van der Waals surface area (Å²) in [6, 6.07) is -0.660. The van der Waals surface area contributed by atoms with Crippen LogP contribution in [0.4, 0.5) is 4.79 Å². The molecule has 8 nitrogen and oxygen atoms in total. The lowest BCUT2D eigenvalue weighted by Crippen LogP contribution is -2.60. The van der Waals surface area contributed by atoms with Gasteiger partial charge in [0.05, 0.1) is 6.54 Å². The van der Waals surface area contributed by atoms with Gasteiger partial charge in [-0.25, -0.2) is 9.59 Å². The van der Waals surface area contributed by atoms with Crippen molar-refractivity contribution in [3.63, 3.8) is 0 Å². The third kappa shape index (κ3) is 4.09. The summed E-state index contributed by atoms with van der Waals surface area (Å²) in [6.45, 7) is 2.76. The fourth-order valence-corrected chi connectivity index (χ4v) is 1.84. The molecule has 3 N–H and O–H groups in total. The number of amides is 3. The van der Waals surface area contributed by atoms with Gasteiger partial charge in [0.15, 0.2) is 0 Å². The van der Waals surface area contributed by atoms with Crippen molar-refractivity contribution >= 4 is 17.9 Å². The van der Waals surface area contributed by atoms with Gasteiger partial charge >= 0.3 is 12.0 Å². The van der Waals surface area contributed by atoms with E-state index in [0.717, 1.165) is 0 Å². The van der Waals surface area contributed by atoms with E-state index in [9.17, 15) is 19.5 Å². The van der Waals surface area contributed by atoms with Gasteiger partial charge in [-0.2, -0.15) is 0 Å². The van der Waals surface area contributed by atoms with Crippen LogP contribution in [0.15, 0.2) is 0 Å². The molecule has 1 saturated heterocycles. The van der Waals surface area contributed by atoms with E-state index in [0.29, 0.717) is 6.54 Å². The van der Waals surface area contributed by atoms with E-state index in [1.807, 2.05) is 6.92 Å². The van der Waals surface area contributed by atoms with Crippen molar-refractivity contribution in [3.05, 3.63) is 0 Å². The van der Waals surface area contributed by atoms with Crippen LogP contribution < -0.4 is 10.6 Å². The Morgan fingerprint density at radius 2 is 1.90 bits per heavy atom. The molecule has 1 fully saturated rings. The highest BCUT2D eigenvalue weighted by Crippen LogP contribution is 2.20. The van der Waals surface area contributed by atoms with E-state index in [1.165, 1.54) is 4.90 Å². The lowest BCUT2D eigenvalue weighted by atomic mass is 9.90. The largest absolute Gasteiger partial charge is 0.480 e. The second-order valence-electron chi connectivity index (χ2n) is 4.72. The monoisotopic (exact) mass is 287 g/mol. The number of likely N-dealkylation sites (N-methyl/N-ethyl adjacent to an activating group) is 1. The number of hydrogen-bond acceptors (Lipinski definition) is 4. The van der Waals surface area contributed by atoms with Crippen LogP contribution >= 0.6 is 0 Å². The van der Waals surface area contributed by atoms with Gasteiger partial charge in [-0.05, 0) is 6.92 Å². The highest BCUT2D eigenvalue weighted by molar-refractivity contribution is 5.88. The zero-order valence-electron chi connectivity index (χ0n) is 11.8. The van der Waals surface area contributed by atoms with Crippen molar-refractivity contribution < 1.29 is 24.2 Å². The quantitative estimate of drug-likeness (QED) is 0.625. The summed E-state index contributed by atoms with van der Waals surface area (Å²) in [4.78, 5) is 36.1. The van der Waals surface area contributed by atoms with Crippen molar-refractivity contribution in [2.24, 2.45) is 0 Å². The summed E-state index contributed by atoms with van der Waals surface area (Å²) >= 11 is 0. The maximum atomic E-state index is 11.7. The maximum absolute atomic E-state index is 11.7. The van der Waals surface area contributed by atoms with Gasteiger partial charge in [-0.15, -0.1) is 0 Å². The first-order chi connectivity index (χ1) is 9.41. The second-order valence-corrected chi connectivity index (χ2v) is 4.72. The zero-order chi connectivity index (χ0) is 15.2. The number of nitrogens with one attached hydrogen (secondary N) is 2. The van der Waals surface area contributed by atoms with Crippen molar-refractivity contribution in [1.82, 2.24) is 15.5 Å². The average Bonchev–Trinajstić information content (AvgIpc) is 2.44. The maximum Gasteiger partial charge on any atom is 0.329 e. The minimum Gasteiger partial charge on any atom is -0.480 e. The van der Waals surface area contributed by atoms with Gasteiger partial charge in [-0.1, -0.05) is 0 Å². The molecule has 0 aromatic carbocycles. The van der Waals surface area contributed by atoms with Gasteiger partial charge in [0.1, 0.15) is 5.54 Å². The molecule has 1 heterocycles. The molecule has 0 aliphatic carbocycles. The number of hydrogen-bond donors (Lipinski definition) is 3. The minimum absolute atomic E-state index is 0.164. The fourth-order valence-electron chi connectivity index (χ4n) is 1.84. The molecule has 0 aromatic rings. The molecule has 0 atom stereocenters. The highest BCUT2D eigenvalue weighted by atomic mass is 16.5. The molecule has 0 spiro atoms. The molecule has 3 amide bonds. The number of carboxylic acid groups (broad SMARTS) is 1. The van der Waals surface area contributed by atoms with Crippen LogP contribution in [0.25, 0.3) is 0 Å². The van der Waals surface area contributed by atoms with E-state index in [2.05, 4.69) is 10.6 Å². The van der Waals surface area contributed by atoms with Crippen LogP contribution in [-0.2, 0) is 14.3 Å². The first-order valence-electron chi connectivity index (χ1n) is 6.52. The van der Waals surface area contributed by atoms with Gasteiger partial charge in [0, 0.05) is 39.6 Å². The molecule has 20 heavy (non-hydrogen) atoms. The molecule has 1 aliphatic heterocycles. The Hall–Kier alpha value is -1.83. The first-order valence-corrected chi connectivity index (χ1v) is 6.52. The summed E-state index contributed by atoms with van der Waals surface area (Å²) in [5, 5.41) is 14.1. The van der Waals surface area contributed by atoms with Crippen molar-refractivity contribution in [1.29, 1.82) is 0 Å². The van der Waals surface area contributed by atoms with Crippen LogP contribution in [0.1, 0.15) is 19.8 Å².